The molecule has 5 rings (SSSR count). The van der Waals surface area contributed by atoms with E-state index in [1.807, 2.05) is 83.1 Å². The number of nitrogens with one attached hydrogen (secondary N) is 5. The fraction of sp³-hybridized carbons (Fsp3) is 0.873. The van der Waals surface area contributed by atoms with Crippen molar-refractivity contribution in [2.24, 2.45) is 0 Å². The summed E-state index contributed by atoms with van der Waals surface area (Å²) >= 11 is 0. The fourth-order valence-electron chi connectivity index (χ4n) is 8.53. The summed E-state index contributed by atoms with van der Waals surface area (Å²) in [7, 11) is 0. The van der Waals surface area contributed by atoms with Gasteiger partial charge in [0.15, 0.2) is 0 Å². The number of alkyl carbamates (subject to hydrolysis) is 5. The minimum absolute atomic E-state index is 0. The molecule has 0 bridgehead atoms. The Hall–Kier alpha value is -3.91. The van der Waals surface area contributed by atoms with E-state index in [1.54, 1.807) is 20.8 Å². The molecule has 11 N–H and O–H groups in total. The van der Waals surface area contributed by atoms with Gasteiger partial charge >= 0.3 is 72.0 Å². The zero-order chi connectivity index (χ0) is 59.8. The zero-order valence-corrected chi connectivity index (χ0v) is 53.0. The number of hydrogen-bond acceptors (Lipinski definition) is 18. The second-order valence-electron chi connectivity index (χ2n) is 25.8. The summed E-state index contributed by atoms with van der Waals surface area (Å²) in [6.45, 7) is 27.3. The Balaban J connectivity index is 0. The van der Waals surface area contributed by atoms with Crippen molar-refractivity contribution < 1.29 is 123 Å². The van der Waals surface area contributed by atoms with Crippen LogP contribution in [0.5, 0.6) is 0 Å². The minimum Gasteiger partial charge on any atom is -0.870 e. The van der Waals surface area contributed by atoms with E-state index in [2.05, 4.69) is 26.6 Å². The molecule has 5 aliphatic carbocycles. The van der Waals surface area contributed by atoms with Gasteiger partial charge in [0.05, 0.1) is 24.4 Å². The molecule has 0 spiro atoms. The number of carbonyl (C=O) groups excluding carboxylic acids is 6. The molecule has 24 nitrogen and oxygen atoms in total. The van der Waals surface area contributed by atoms with Crippen LogP contribution < -0.4 is 56.1 Å². The number of carboxylic acids is 1. The number of ether oxygens (including phenoxy) is 6. The number of aliphatic hydroxyl groups is 4. The first-order valence-electron chi connectivity index (χ1n) is 27.7. The molecule has 0 aromatic heterocycles. The van der Waals surface area contributed by atoms with Crippen LogP contribution in [0.2, 0.25) is 0 Å². The number of rotatable bonds is 10. The van der Waals surface area contributed by atoms with E-state index in [4.69, 9.17) is 33.5 Å². The third kappa shape index (κ3) is 42.9. The van der Waals surface area contributed by atoms with E-state index in [9.17, 15) is 54.0 Å². The monoisotopic (exact) mass is 1160 g/mol. The number of esters is 1. The van der Waals surface area contributed by atoms with E-state index in [0.29, 0.717) is 38.5 Å². The average Bonchev–Trinajstić information content (AvgIpc) is 4.08. The van der Waals surface area contributed by atoms with Gasteiger partial charge in [0.2, 0.25) is 0 Å². The Labute approximate surface area is 497 Å². The van der Waals surface area contributed by atoms with Gasteiger partial charge in [-0.05, 0) is 200 Å². The van der Waals surface area contributed by atoms with Crippen molar-refractivity contribution in [3.8, 4) is 0 Å². The van der Waals surface area contributed by atoms with E-state index in [1.165, 1.54) is 0 Å². The van der Waals surface area contributed by atoms with Crippen molar-refractivity contribution in [1.82, 2.24) is 26.6 Å². The van der Waals surface area contributed by atoms with Crippen LogP contribution >= 0.6 is 0 Å². The molecule has 0 aromatic carbocycles. The van der Waals surface area contributed by atoms with Crippen LogP contribution in [0.4, 0.5) is 24.0 Å². The number of carboxylic acid groups (broad SMARTS) is 1. The summed E-state index contributed by atoms with van der Waals surface area (Å²) in [4.78, 5) is 78.8. The van der Waals surface area contributed by atoms with Crippen molar-refractivity contribution in [3.63, 3.8) is 0 Å². The van der Waals surface area contributed by atoms with Crippen LogP contribution in [-0.2, 0) is 38.0 Å². The molecule has 0 radical (unpaired) electrons. The first-order valence-corrected chi connectivity index (χ1v) is 27.7. The number of hydrogen-bond donors (Lipinski definition) is 10. The van der Waals surface area contributed by atoms with Crippen molar-refractivity contribution in [2.45, 2.75) is 308 Å². The van der Waals surface area contributed by atoms with Gasteiger partial charge in [0, 0.05) is 49.5 Å². The maximum atomic E-state index is 11.7. The topological polar surface area (TPSA) is 366 Å². The molecule has 0 unspecified atom stereocenters. The second kappa shape index (κ2) is 36.6. The summed E-state index contributed by atoms with van der Waals surface area (Å²) in [5, 5.41) is 59.3. The van der Waals surface area contributed by atoms with E-state index < -0.39 is 64.4 Å². The van der Waals surface area contributed by atoms with Crippen LogP contribution in [0.25, 0.3) is 0 Å². The normalized spacial score (nSPS) is 25.0. The fourth-order valence-corrected chi connectivity index (χ4v) is 8.53. The quantitative estimate of drug-likeness (QED) is 0.0801. The molecule has 462 valence electrons. The standard InChI is InChI=1S/C15H25NO6.4C10H19NO3.Na.H2O/c1-15(2,3)22-14(20)16-10-7-8-11(9-10)21-13(19)6-4-5-12(17)18;4*1-10(2,3)14-9(13)11-7-4-5-8(12)6-7;;/h10-11H,4-9H2,1-3H3,(H,16,20)(H,17,18);4*7-8,12H,4-6H2,1-3H3,(H,11,13);;1H2/q;;;;;+1;/p-1/t10-,11+;4*7-,8+;;/m01100../s1. The number of carbonyl (C=O) groups is 7. The van der Waals surface area contributed by atoms with Crippen molar-refractivity contribution in [3.05, 3.63) is 0 Å². The average molecular weight is 1160 g/mol. The zero-order valence-electron chi connectivity index (χ0n) is 51.0. The molecule has 0 saturated heterocycles. The Morgan fingerprint density at radius 2 is 0.600 bits per heavy atom. The predicted octanol–water partition coefficient (Wildman–Crippen LogP) is 4.76. The molecule has 5 amide bonds. The molecule has 10 atom stereocenters. The summed E-state index contributed by atoms with van der Waals surface area (Å²) in [6.07, 6.45) is 7.93. The van der Waals surface area contributed by atoms with E-state index >= 15 is 0 Å². The van der Waals surface area contributed by atoms with Gasteiger partial charge in [-0.3, -0.25) is 9.59 Å². The van der Waals surface area contributed by atoms with Crippen molar-refractivity contribution in [1.29, 1.82) is 0 Å². The summed E-state index contributed by atoms with van der Waals surface area (Å²) in [5.74, 6) is -1.31. The molecule has 25 heteroatoms. The predicted molar refractivity (Wildman–Crippen MR) is 292 cm³/mol. The Morgan fingerprint density at radius 3 is 0.800 bits per heavy atom. The number of amides is 5. The Morgan fingerprint density at radius 1 is 0.375 bits per heavy atom. The first-order chi connectivity index (χ1) is 35.6. The maximum Gasteiger partial charge on any atom is 1.00 e. The molecule has 5 fully saturated rings. The Bertz CT molecular complexity index is 1680. The summed E-state index contributed by atoms with van der Waals surface area (Å²) in [6, 6.07) is 0.214. The third-order valence-corrected chi connectivity index (χ3v) is 11.7. The smallest absolute Gasteiger partial charge is 0.870 e. The summed E-state index contributed by atoms with van der Waals surface area (Å²) in [5.41, 5.74) is -2.37. The van der Waals surface area contributed by atoms with Crippen LogP contribution in [0.1, 0.15) is 219 Å². The van der Waals surface area contributed by atoms with Crippen molar-refractivity contribution >= 4 is 42.4 Å². The molecule has 5 aliphatic rings. The van der Waals surface area contributed by atoms with Crippen LogP contribution in [0.15, 0.2) is 0 Å². The first kappa shape index (κ1) is 78.2. The third-order valence-electron chi connectivity index (χ3n) is 11.7. The molecule has 0 aromatic rings. The van der Waals surface area contributed by atoms with Gasteiger partial charge in [0.1, 0.15) is 34.1 Å². The van der Waals surface area contributed by atoms with Gasteiger partial charge < -0.3 is 86.0 Å². The molecule has 80 heavy (non-hydrogen) atoms. The largest absolute Gasteiger partial charge is 1.00 e. The van der Waals surface area contributed by atoms with Crippen LogP contribution in [-0.4, -0.2) is 162 Å². The van der Waals surface area contributed by atoms with Crippen molar-refractivity contribution in [2.75, 3.05) is 0 Å². The number of aliphatic carboxylic acids is 1. The van der Waals surface area contributed by atoms with Gasteiger partial charge in [-0.15, -0.1) is 0 Å². The molecule has 0 heterocycles. The SMILES string of the molecule is CC(C)(C)OC(=O)N[C@@H]1CC[C@H](O)C1.CC(C)(C)OC(=O)N[C@@H]1CC[C@H](O)C1.CC(C)(C)OC(=O)N[C@H]1CC[C@@H](O)C1.CC(C)(C)OC(=O)N[C@H]1CC[C@@H](O)C1.CC(C)(C)OC(=O)N[C@H]1CC[C@@H](OC(=O)CCCC(=O)O)C1.[Na+].[OH-]. The molecule has 0 aliphatic heterocycles. The van der Waals surface area contributed by atoms with Gasteiger partial charge in [-0.1, -0.05) is 0 Å². The van der Waals surface area contributed by atoms with E-state index in [-0.39, 0.29) is 121 Å². The molecular formula is C55H102N5NaO19. The van der Waals surface area contributed by atoms with Gasteiger partial charge in [-0.2, -0.15) is 0 Å². The Kier molecular flexibility index (Phi) is 35.8. The van der Waals surface area contributed by atoms with Crippen LogP contribution in [0, 0.1) is 0 Å². The van der Waals surface area contributed by atoms with Gasteiger partial charge in [0.25, 0.3) is 0 Å². The van der Waals surface area contributed by atoms with Crippen LogP contribution in [0.3, 0.4) is 0 Å². The maximum absolute atomic E-state index is 11.7. The molecular weight excluding hydrogens is 1060 g/mol. The second-order valence-corrected chi connectivity index (χ2v) is 25.8. The minimum atomic E-state index is -0.921. The van der Waals surface area contributed by atoms with Gasteiger partial charge in [-0.25, -0.2) is 24.0 Å². The summed E-state index contributed by atoms with van der Waals surface area (Å²) < 4.78 is 30.9. The van der Waals surface area contributed by atoms with E-state index in [0.717, 1.165) is 57.8 Å². The molecule has 5 saturated carbocycles. The number of aliphatic hydroxyl groups excluding tert-OH is 4.